The standard InChI is InChI=1S/C25H22N2O4S3/c1-3-30-20-13-17(9-10-19(20)31-15-18-7-4-6-16(2)12-18)14-22-24(29)27(25(32)34-22)26-23(28)21-8-5-11-33-21/h4-14H,3,15H2,1-2H3,(H,26,28)/b22-14-. The van der Waals surface area contributed by atoms with Crippen LogP contribution in [-0.4, -0.2) is 27.8 Å². The van der Waals surface area contributed by atoms with Crippen molar-refractivity contribution in [3.05, 3.63) is 86.5 Å². The number of thioether (sulfide) groups is 1. The van der Waals surface area contributed by atoms with E-state index >= 15 is 0 Å². The summed E-state index contributed by atoms with van der Waals surface area (Å²) in [7, 11) is 0. The molecule has 34 heavy (non-hydrogen) atoms. The van der Waals surface area contributed by atoms with Crippen molar-refractivity contribution in [1.29, 1.82) is 0 Å². The predicted molar refractivity (Wildman–Crippen MR) is 140 cm³/mol. The number of amides is 2. The Morgan fingerprint density at radius 1 is 1.12 bits per heavy atom. The Kier molecular flexibility index (Phi) is 7.66. The number of aryl methyl sites for hydroxylation is 1. The van der Waals surface area contributed by atoms with E-state index in [0.717, 1.165) is 27.9 Å². The lowest BCUT2D eigenvalue weighted by atomic mass is 10.1. The second kappa shape index (κ2) is 10.9. The highest BCUT2D eigenvalue weighted by atomic mass is 32.2. The highest BCUT2D eigenvalue weighted by Gasteiger charge is 2.34. The minimum absolute atomic E-state index is 0.268. The van der Waals surface area contributed by atoms with Gasteiger partial charge in [0, 0.05) is 0 Å². The molecule has 0 bridgehead atoms. The number of rotatable bonds is 8. The van der Waals surface area contributed by atoms with Crippen molar-refractivity contribution < 1.29 is 19.1 Å². The minimum atomic E-state index is -0.377. The normalized spacial score (nSPS) is 14.5. The summed E-state index contributed by atoms with van der Waals surface area (Å²) in [5.41, 5.74) is 5.58. The lowest BCUT2D eigenvalue weighted by Gasteiger charge is -2.14. The van der Waals surface area contributed by atoms with Crippen molar-refractivity contribution in [2.75, 3.05) is 6.61 Å². The molecule has 6 nitrogen and oxygen atoms in total. The summed E-state index contributed by atoms with van der Waals surface area (Å²) in [6.07, 6.45) is 1.73. The Labute approximate surface area is 211 Å². The first-order chi connectivity index (χ1) is 16.4. The Morgan fingerprint density at radius 3 is 2.71 bits per heavy atom. The summed E-state index contributed by atoms with van der Waals surface area (Å²) < 4.78 is 12.0. The largest absolute Gasteiger partial charge is 0.490 e. The highest BCUT2D eigenvalue weighted by molar-refractivity contribution is 8.26. The van der Waals surface area contributed by atoms with Crippen LogP contribution in [0.4, 0.5) is 0 Å². The molecule has 1 aliphatic rings. The molecule has 1 N–H and O–H groups in total. The maximum absolute atomic E-state index is 12.9. The maximum atomic E-state index is 12.9. The number of nitrogens with zero attached hydrogens (tertiary/aromatic N) is 1. The number of hydrazine groups is 1. The van der Waals surface area contributed by atoms with E-state index in [4.69, 9.17) is 21.7 Å². The number of carbonyl (C=O) groups is 2. The smallest absolute Gasteiger partial charge is 0.285 e. The number of hydrogen-bond donors (Lipinski definition) is 1. The first kappa shape index (κ1) is 24.0. The van der Waals surface area contributed by atoms with Crippen LogP contribution >= 0.6 is 35.3 Å². The fraction of sp³-hybridized carbons (Fsp3) is 0.160. The van der Waals surface area contributed by atoms with Crippen LogP contribution in [-0.2, 0) is 11.4 Å². The summed E-state index contributed by atoms with van der Waals surface area (Å²) in [6, 6.07) is 17.1. The molecule has 2 heterocycles. The SMILES string of the molecule is CCOc1cc(/C=C2\SC(=S)N(NC(=O)c3cccs3)C2=O)ccc1OCc1cccc(C)c1. The highest BCUT2D eigenvalue weighted by Crippen LogP contribution is 2.34. The zero-order valence-electron chi connectivity index (χ0n) is 18.6. The average molecular weight is 511 g/mol. The van der Waals surface area contributed by atoms with Crippen LogP contribution in [0.1, 0.15) is 33.3 Å². The van der Waals surface area contributed by atoms with Gasteiger partial charge >= 0.3 is 0 Å². The molecular formula is C25H22N2O4S3. The average Bonchev–Trinajstić information content (AvgIpc) is 3.44. The van der Waals surface area contributed by atoms with Crippen molar-refractivity contribution >= 4 is 57.5 Å². The summed E-state index contributed by atoms with van der Waals surface area (Å²) in [4.78, 5) is 26.1. The van der Waals surface area contributed by atoms with E-state index in [1.165, 1.54) is 16.9 Å². The van der Waals surface area contributed by atoms with Gasteiger partial charge < -0.3 is 9.47 Å². The molecule has 1 saturated heterocycles. The van der Waals surface area contributed by atoms with E-state index in [0.29, 0.717) is 34.5 Å². The van der Waals surface area contributed by atoms with Crippen LogP contribution in [0.15, 0.2) is 64.9 Å². The van der Waals surface area contributed by atoms with Crippen LogP contribution in [0.3, 0.4) is 0 Å². The first-order valence-electron chi connectivity index (χ1n) is 10.5. The van der Waals surface area contributed by atoms with Crippen molar-refractivity contribution in [2.24, 2.45) is 0 Å². The number of benzene rings is 2. The maximum Gasteiger partial charge on any atom is 0.285 e. The second-order valence-electron chi connectivity index (χ2n) is 7.35. The molecule has 2 amide bonds. The zero-order valence-corrected chi connectivity index (χ0v) is 21.0. The van der Waals surface area contributed by atoms with Gasteiger partial charge in [0.05, 0.1) is 16.4 Å². The molecule has 1 fully saturated rings. The summed E-state index contributed by atoms with van der Waals surface area (Å²) in [5.74, 6) is 0.459. The van der Waals surface area contributed by atoms with Crippen molar-refractivity contribution in [3.8, 4) is 11.5 Å². The molecule has 3 aromatic rings. The number of ether oxygens (including phenoxy) is 2. The van der Waals surface area contributed by atoms with E-state index in [9.17, 15) is 9.59 Å². The van der Waals surface area contributed by atoms with Crippen LogP contribution in [0.25, 0.3) is 6.08 Å². The third-order valence-electron chi connectivity index (χ3n) is 4.79. The Balaban J connectivity index is 1.49. The quantitative estimate of drug-likeness (QED) is 0.315. The number of hydrogen-bond acceptors (Lipinski definition) is 7. The topological polar surface area (TPSA) is 67.9 Å². The molecular weight excluding hydrogens is 488 g/mol. The third kappa shape index (κ3) is 5.67. The van der Waals surface area contributed by atoms with Crippen LogP contribution in [0.2, 0.25) is 0 Å². The van der Waals surface area contributed by atoms with E-state index in [-0.39, 0.29) is 16.1 Å². The minimum Gasteiger partial charge on any atom is -0.490 e. The molecule has 0 saturated carbocycles. The lowest BCUT2D eigenvalue weighted by Crippen LogP contribution is -2.44. The van der Waals surface area contributed by atoms with Gasteiger partial charge in [-0.15, -0.1) is 11.3 Å². The van der Waals surface area contributed by atoms with Gasteiger partial charge in [0.25, 0.3) is 11.8 Å². The Morgan fingerprint density at radius 2 is 1.97 bits per heavy atom. The van der Waals surface area contributed by atoms with Crippen LogP contribution in [0.5, 0.6) is 11.5 Å². The Bertz CT molecular complexity index is 1250. The molecule has 0 aliphatic carbocycles. The van der Waals surface area contributed by atoms with Gasteiger partial charge in [-0.3, -0.25) is 15.0 Å². The molecule has 0 spiro atoms. The van der Waals surface area contributed by atoms with Gasteiger partial charge in [0.15, 0.2) is 15.8 Å². The molecule has 2 aromatic carbocycles. The third-order valence-corrected chi connectivity index (χ3v) is 6.97. The fourth-order valence-electron chi connectivity index (χ4n) is 3.24. The van der Waals surface area contributed by atoms with E-state index in [1.807, 2.05) is 50.2 Å². The van der Waals surface area contributed by atoms with Crippen LogP contribution in [0, 0.1) is 6.92 Å². The zero-order chi connectivity index (χ0) is 24.1. The van der Waals surface area contributed by atoms with Crippen molar-refractivity contribution in [1.82, 2.24) is 10.4 Å². The predicted octanol–water partition coefficient (Wildman–Crippen LogP) is 5.58. The van der Waals surface area contributed by atoms with Crippen LogP contribution < -0.4 is 14.9 Å². The van der Waals surface area contributed by atoms with Gasteiger partial charge in [-0.2, -0.15) is 5.01 Å². The first-order valence-corrected chi connectivity index (χ1v) is 12.6. The Hall–Kier alpha value is -3.14. The molecule has 9 heteroatoms. The molecule has 4 rings (SSSR count). The molecule has 1 aromatic heterocycles. The number of nitrogens with one attached hydrogen (secondary N) is 1. The number of carbonyl (C=O) groups excluding carboxylic acids is 2. The summed E-state index contributed by atoms with van der Waals surface area (Å²) in [5, 5.41) is 2.90. The van der Waals surface area contributed by atoms with E-state index in [2.05, 4.69) is 11.5 Å². The lowest BCUT2D eigenvalue weighted by molar-refractivity contribution is -0.123. The van der Waals surface area contributed by atoms with Gasteiger partial charge in [-0.25, -0.2) is 0 Å². The molecule has 0 unspecified atom stereocenters. The molecule has 0 radical (unpaired) electrons. The summed E-state index contributed by atoms with van der Waals surface area (Å²) >= 11 is 7.73. The van der Waals surface area contributed by atoms with Gasteiger partial charge in [-0.05, 0) is 66.8 Å². The number of thiocarbonyl (C=S) groups is 1. The molecule has 1 aliphatic heterocycles. The second-order valence-corrected chi connectivity index (χ2v) is 9.98. The molecule has 0 atom stereocenters. The summed E-state index contributed by atoms with van der Waals surface area (Å²) in [6.45, 7) is 4.84. The number of thiophene rings is 1. The van der Waals surface area contributed by atoms with Crippen molar-refractivity contribution in [2.45, 2.75) is 20.5 Å². The molecule has 174 valence electrons. The van der Waals surface area contributed by atoms with Gasteiger partial charge in [-0.1, -0.05) is 53.7 Å². The van der Waals surface area contributed by atoms with Gasteiger partial charge in [0.2, 0.25) is 0 Å². The monoisotopic (exact) mass is 510 g/mol. The van der Waals surface area contributed by atoms with Crippen molar-refractivity contribution in [3.63, 3.8) is 0 Å². The van der Waals surface area contributed by atoms with E-state index in [1.54, 1.807) is 23.6 Å². The van der Waals surface area contributed by atoms with E-state index < -0.39 is 0 Å². The fourth-order valence-corrected chi connectivity index (χ4v) is 5.04. The van der Waals surface area contributed by atoms with Gasteiger partial charge in [0.1, 0.15) is 6.61 Å².